The van der Waals surface area contributed by atoms with Crippen LogP contribution in [-0.4, -0.2) is 25.8 Å². The predicted octanol–water partition coefficient (Wildman–Crippen LogP) is 8.00. The standard InChI is InChI=1S/C29H22Cl3N5O3/c30-21-2-1-3-22(31)26(21)27-20(28(40-35-27)15-4-5-15)14-38-18-8-9-19(23(32)13-18)25-11-6-16-12-17(7-10-24(16)39-25)29-33-36-37-34-29/h1-3,7-10,12-13,15,25H,4-6,11,14H2,(H,33,34,36,37). The van der Waals surface area contributed by atoms with Crippen molar-refractivity contribution >= 4 is 34.8 Å². The van der Waals surface area contributed by atoms with Crippen molar-refractivity contribution in [3.8, 4) is 34.1 Å². The van der Waals surface area contributed by atoms with Gasteiger partial charge in [-0.25, -0.2) is 0 Å². The number of ether oxygens (including phenoxy) is 2. The first-order valence-corrected chi connectivity index (χ1v) is 14.1. The van der Waals surface area contributed by atoms with Gasteiger partial charge in [0, 0.05) is 22.6 Å². The zero-order valence-corrected chi connectivity index (χ0v) is 23.3. The number of halogens is 3. The van der Waals surface area contributed by atoms with Crippen molar-refractivity contribution in [3.63, 3.8) is 0 Å². The summed E-state index contributed by atoms with van der Waals surface area (Å²) in [5, 5.41) is 20.2. The summed E-state index contributed by atoms with van der Waals surface area (Å²) in [6.45, 7) is 0.248. The number of rotatable bonds is 7. The zero-order chi connectivity index (χ0) is 27.2. The summed E-state index contributed by atoms with van der Waals surface area (Å²) in [5.41, 5.74) is 5.01. The van der Waals surface area contributed by atoms with Crippen LogP contribution < -0.4 is 9.47 Å². The molecular weight excluding hydrogens is 573 g/mol. The molecule has 11 heteroatoms. The monoisotopic (exact) mass is 593 g/mol. The highest BCUT2D eigenvalue weighted by Crippen LogP contribution is 2.46. The summed E-state index contributed by atoms with van der Waals surface area (Å²) in [6.07, 6.45) is 3.57. The van der Waals surface area contributed by atoms with Crippen LogP contribution in [-0.2, 0) is 13.0 Å². The minimum atomic E-state index is -0.168. The second-order valence-electron chi connectivity index (χ2n) is 9.92. The molecule has 0 amide bonds. The van der Waals surface area contributed by atoms with Crippen LogP contribution >= 0.6 is 34.8 Å². The van der Waals surface area contributed by atoms with Crippen molar-refractivity contribution in [2.75, 3.05) is 0 Å². The van der Waals surface area contributed by atoms with Gasteiger partial charge in [-0.1, -0.05) is 52.1 Å². The maximum atomic E-state index is 6.75. The highest BCUT2D eigenvalue weighted by Gasteiger charge is 2.34. The molecule has 1 aliphatic heterocycles. The van der Waals surface area contributed by atoms with Crippen molar-refractivity contribution < 1.29 is 14.0 Å². The SMILES string of the molecule is Clc1cc(OCc2c(-c3c(Cl)cccc3Cl)noc2C2CC2)ccc1C1CCc2cc(-c3nn[nH]n3)ccc2O1. The topological polar surface area (TPSA) is 99.0 Å². The van der Waals surface area contributed by atoms with Crippen molar-refractivity contribution in [3.05, 3.63) is 92.1 Å². The van der Waals surface area contributed by atoms with Gasteiger partial charge in [-0.2, -0.15) is 5.21 Å². The van der Waals surface area contributed by atoms with Gasteiger partial charge in [-0.15, -0.1) is 10.2 Å². The van der Waals surface area contributed by atoms with Gasteiger partial charge < -0.3 is 14.0 Å². The Hall–Kier alpha value is -3.59. The molecule has 5 aromatic rings. The van der Waals surface area contributed by atoms with E-state index in [9.17, 15) is 0 Å². The first-order chi connectivity index (χ1) is 19.5. The molecule has 1 aliphatic carbocycles. The van der Waals surface area contributed by atoms with Crippen molar-refractivity contribution in [2.24, 2.45) is 0 Å². The Morgan fingerprint density at radius 2 is 1.80 bits per heavy atom. The van der Waals surface area contributed by atoms with Gasteiger partial charge in [0.05, 0.1) is 20.6 Å². The zero-order valence-electron chi connectivity index (χ0n) is 21.0. The van der Waals surface area contributed by atoms with E-state index in [0.717, 1.165) is 59.4 Å². The Morgan fingerprint density at radius 1 is 0.950 bits per heavy atom. The molecule has 2 aliphatic rings. The van der Waals surface area contributed by atoms with E-state index in [1.54, 1.807) is 18.2 Å². The first kappa shape index (κ1) is 25.4. The molecule has 1 N–H and O–H groups in total. The number of nitrogens with one attached hydrogen (secondary N) is 1. The number of aromatic amines is 1. The largest absolute Gasteiger partial charge is 0.489 e. The van der Waals surface area contributed by atoms with Crippen LogP contribution in [0.1, 0.15) is 53.7 Å². The molecule has 0 spiro atoms. The Balaban J connectivity index is 1.09. The molecule has 3 heterocycles. The lowest BCUT2D eigenvalue weighted by atomic mass is 9.96. The van der Waals surface area contributed by atoms with Gasteiger partial charge in [-0.05, 0) is 78.9 Å². The third-order valence-electron chi connectivity index (χ3n) is 7.28. The Bertz CT molecular complexity index is 1680. The van der Waals surface area contributed by atoms with Crippen LogP contribution in [0, 0.1) is 0 Å². The van der Waals surface area contributed by atoms with Gasteiger partial charge >= 0.3 is 0 Å². The van der Waals surface area contributed by atoms with E-state index in [-0.39, 0.29) is 12.7 Å². The highest BCUT2D eigenvalue weighted by molar-refractivity contribution is 6.39. The lowest BCUT2D eigenvalue weighted by Crippen LogP contribution is -2.15. The number of H-pyrrole nitrogens is 1. The quantitative estimate of drug-likeness (QED) is 0.204. The third-order valence-corrected chi connectivity index (χ3v) is 8.23. The lowest BCUT2D eigenvalue weighted by molar-refractivity contribution is 0.176. The number of hydrogen-bond acceptors (Lipinski definition) is 7. The number of fused-ring (bicyclic) bond motifs is 1. The Kier molecular flexibility index (Phi) is 6.62. The van der Waals surface area contributed by atoms with E-state index in [1.165, 1.54) is 0 Å². The second kappa shape index (κ2) is 10.4. The van der Waals surface area contributed by atoms with Crippen LogP contribution in [0.25, 0.3) is 22.6 Å². The second-order valence-corrected chi connectivity index (χ2v) is 11.1. The minimum Gasteiger partial charge on any atom is -0.489 e. The first-order valence-electron chi connectivity index (χ1n) is 12.9. The fraction of sp³-hybridized carbons (Fsp3) is 0.241. The lowest BCUT2D eigenvalue weighted by Gasteiger charge is -2.27. The van der Waals surface area contributed by atoms with E-state index in [2.05, 4.69) is 25.8 Å². The van der Waals surface area contributed by atoms with Crippen molar-refractivity contribution in [2.45, 2.75) is 44.3 Å². The van der Waals surface area contributed by atoms with Crippen LogP contribution in [0.4, 0.5) is 0 Å². The van der Waals surface area contributed by atoms with Crippen LogP contribution in [0.3, 0.4) is 0 Å². The van der Waals surface area contributed by atoms with Gasteiger partial charge in [0.15, 0.2) is 0 Å². The number of hydrogen-bond donors (Lipinski definition) is 1. The Morgan fingerprint density at radius 3 is 2.55 bits per heavy atom. The number of tetrazole rings is 1. The van der Waals surface area contributed by atoms with E-state index >= 15 is 0 Å². The fourth-order valence-electron chi connectivity index (χ4n) is 5.09. The number of aryl methyl sites for hydroxylation is 1. The molecule has 8 nitrogen and oxygen atoms in total. The molecule has 1 fully saturated rings. The molecule has 0 bridgehead atoms. The summed E-state index contributed by atoms with van der Waals surface area (Å²) in [6, 6.07) is 17.0. The van der Waals surface area contributed by atoms with Gasteiger partial charge in [0.25, 0.3) is 0 Å². The number of benzene rings is 3. The molecule has 3 aromatic carbocycles. The Labute approximate surface area is 244 Å². The highest BCUT2D eigenvalue weighted by atomic mass is 35.5. The van der Waals surface area contributed by atoms with E-state index in [1.807, 2.05) is 36.4 Å². The van der Waals surface area contributed by atoms with Crippen LogP contribution in [0.5, 0.6) is 11.5 Å². The van der Waals surface area contributed by atoms with Crippen LogP contribution in [0.15, 0.2) is 59.1 Å². The molecule has 1 atom stereocenters. The molecule has 1 saturated carbocycles. The summed E-state index contributed by atoms with van der Waals surface area (Å²) in [4.78, 5) is 0. The van der Waals surface area contributed by atoms with Crippen molar-refractivity contribution in [1.29, 1.82) is 0 Å². The van der Waals surface area contributed by atoms with E-state index in [0.29, 0.717) is 43.8 Å². The minimum absolute atomic E-state index is 0.168. The average molecular weight is 595 g/mol. The van der Waals surface area contributed by atoms with Gasteiger partial charge in [0.2, 0.25) is 5.82 Å². The van der Waals surface area contributed by atoms with Crippen LogP contribution in [0.2, 0.25) is 15.1 Å². The van der Waals surface area contributed by atoms with E-state index in [4.69, 9.17) is 48.8 Å². The summed E-state index contributed by atoms with van der Waals surface area (Å²) in [7, 11) is 0. The molecule has 2 aromatic heterocycles. The molecular formula is C29H22Cl3N5O3. The molecule has 0 saturated heterocycles. The number of nitrogens with zero attached hydrogens (tertiary/aromatic N) is 4. The summed E-state index contributed by atoms with van der Waals surface area (Å²) >= 11 is 19.7. The smallest absolute Gasteiger partial charge is 0.204 e. The maximum absolute atomic E-state index is 6.75. The molecule has 40 heavy (non-hydrogen) atoms. The van der Waals surface area contributed by atoms with E-state index < -0.39 is 0 Å². The van der Waals surface area contributed by atoms with Crippen molar-refractivity contribution in [1.82, 2.24) is 25.8 Å². The molecule has 202 valence electrons. The molecule has 0 radical (unpaired) electrons. The average Bonchev–Trinajstić information content (AvgIpc) is 3.48. The normalized spacial score (nSPS) is 16.4. The van der Waals surface area contributed by atoms with Gasteiger partial charge in [0.1, 0.15) is 35.7 Å². The maximum Gasteiger partial charge on any atom is 0.204 e. The summed E-state index contributed by atoms with van der Waals surface area (Å²) < 4.78 is 18.3. The molecule has 1 unspecified atom stereocenters. The predicted molar refractivity (Wildman–Crippen MR) is 151 cm³/mol. The fourth-order valence-corrected chi connectivity index (χ4v) is 5.96. The number of aromatic nitrogens is 5. The van der Waals surface area contributed by atoms with Gasteiger partial charge in [-0.3, -0.25) is 0 Å². The molecule has 7 rings (SSSR count). The third kappa shape index (κ3) is 4.80. The summed E-state index contributed by atoms with van der Waals surface area (Å²) in [5.74, 6) is 3.17.